The van der Waals surface area contributed by atoms with Crippen molar-refractivity contribution in [1.82, 2.24) is 20.6 Å². The highest BCUT2D eigenvalue weighted by Crippen LogP contribution is 2.15. The minimum absolute atomic E-state index is 0.118. The second kappa shape index (κ2) is 5.08. The van der Waals surface area contributed by atoms with Gasteiger partial charge in [0.05, 0.1) is 17.1 Å². The molecule has 1 aromatic carbocycles. The molecular formula is C13H18N4O. The van der Waals surface area contributed by atoms with Crippen molar-refractivity contribution in [3.63, 3.8) is 0 Å². The van der Waals surface area contributed by atoms with Crippen molar-refractivity contribution in [2.75, 3.05) is 0 Å². The number of H-pyrrole nitrogens is 1. The smallest absolute Gasteiger partial charge is 0.315 e. The lowest BCUT2D eigenvalue weighted by Gasteiger charge is -2.14. The minimum Gasteiger partial charge on any atom is -0.340 e. The van der Waals surface area contributed by atoms with Crippen LogP contribution >= 0.6 is 0 Å². The van der Waals surface area contributed by atoms with Crippen LogP contribution in [0.15, 0.2) is 24.3 Å². The average Bonchev–Trinajstić information content (AvgIpc) is 2.71. The fraction of sp³-hybridized carbons (Fsp3) is 0.385. The zero-order valence-electron chi connectivity index (χ0n) is 10.8. The number of rotatable bonds is 3. The van der Waals surface area contributed by atoms with Crippen LogP contribution in [0.2, 0.25) is 0 Å². The van der Waals surface area contributed by atoms with Gasteiger partial charge in [0.15, 0.2) is 0 Å². The molecule has 0 saturated carbocycles. The van der Waals surface area contributed by atoms with E-state index in [2.05, 4.69) is 20.6 Å². The number of amides is 2. The number of para-hydroxylation sites is 2. The van der Waals surface area contributed by atoms with E-state index in [1.54, 1.807) is 0 Å². The van der Waals surface area contributed by atoms with Gasteiger partial charge in [0.1, 0.15) is 5.82 Å². The molecule has 1 atom stereocenters. The molecule has 0 aliphatic heterocycles. The van der Waals surface area contributed by atoms with Gasteiger partial charge in [0.2, 0.25) is 0 Å². The first-order valence-corrected chi connectivity index (χ1v) is 6.08. The van der Waals surface area contributed by atoms with Crippen LogP contribution in [-0.2, 0) is 0 Å². The molecule has 5 heteroatoms. The van der Waals surface area contributed by atoms with Gasteiger partial charge in [0.25, 0.3) is 0 Å². The highest BCUT2D eigenvalue weighted by atomic mass is 16.2. The predicted molar refractivity (Wildman–Crippen MR) is 71.3 cm³/mol. The Morgan fingerprint density at radius 2 is 1.94 bits per heavy atom. The Bertz CT molecular complexity index is 514. The second-order valence-electron chi connectivity index (χ2n) is 4.63. The number of aromatic nitrogens is 2. The van der Waals surface area contributed by atoms with Gasteiger partial charge in [-0.05, 0) is 32.9 Å². The maximum Gasteiger partial charge on any atom is 0.315 e. The molecular weight excluding hydrogens is 228 g/mol. The molecule has 2 amide bonds. The number of nitrogens with one attached hydrogen (secondary N) is 3. The molecule has 0 aliphatic carbocycles. The number of urea groups is 1. The van der Waals surface area contributed by atoms with Crippen LogP contribution in [0.3, 0.4) is 0 Å². The third-order valence-corrected chi connectivity index (χ3v) is 2.59. The molecule has 18 heavy (non-hydrogen) atoms. The van der Waals surface area contributed by atoms with E-state index < -0.39 is 0 Å². The lowest BCUT2D eigenvalue weighted by Crippen LogP contribution is -2.40. The lowest BCUT2D eigenvalue weighted by molar-refractivity contribution is 0.235. The highest BCUT2D eigenvalue weighted by Gasteiger charge is 2.13. The Morgan fingerprint density at radius 1 is 1.22 bits per heavy atom. The average molecular weight is 246 g/mol. The van der Waals surface area contributed by atoms with Crippen molar-refractivity contribution in [3.8, 4) is 0 Å². The summed E-state index contributed by atoms with van der Waals surface area (Å²) in [6.07, 6.45) is 0. The van der Waals surface area contributed by atoms with Gasteiger partial charge in [-0.1, -0.05) is 12.1 Å². The molecule has 0 saturated heterocycles. The molecule has 5 nitrogen and oxygen atoms in total. The third kappa shape index (κ3) is 2.80. The molecule has 1 heterocycles. The highest BCUT2D eigenvalue weighted by molar-refractivity contribution is 5.76. The van der Waals surface area contributed by atoms with E-state index in [1.165, 1.54) is 0 Å². The van der Waals surface area contributed by atoms with Crippen LogP contribution in [0.1, 0.15) is 32.6 Å². The molecule has 1 unspecified atom stereocenters. The summed E-state index contributed by atoms with van der Waals surface area (Å²) in [6, 6.07) is 7.58. The Kier molecular flexibility index (Phi) is 3.50. The number of fused-ring (bicyclic) bond motifs is 1. The van der Waals surface area contributed by atoms with Crippen LogP contribution in [0.4, 0.5) is 4.79 Å². The molecule has 0 fully saturated rings. The second-order valence-corrected chi connectivity index (χ2v) is 4.63. The van der Waals surface area contributed by atoms with Gasteiger partial charge in [-0.3, -0.25) is 0 Å². The Hall–Kier alpha value is -2.04. The topological polar surface area (TPSA) is 69.8 Å². The largest absolute Gasteiger partial charge is 0.340 e. The fourth-order valence-corrected chi connectivity index (χ4v) is 1.75. The molecule has 1 aromatic heterocycles. The lowest BCUT2D eigenvalue weighted by atomic mass is 10.3. The molecule has 0 bridgehead atoms. The molecule has 96 valence electrons. The monoisotopic (exact) mass is 246 g/mol. The van der Waals surface area contributed by atoms with Crippen molar-refractivity contribution in [2.45, 2.75) is 32.9 Å². The molecule has 2 rings (SSSR count). The van der Waals surface area contributed by atoms with Crippen LogP contribution in [0.25, 0.3) is 11.0 Å². The Labute approximate surface area is 106 Å². The van der Waals surface area contributed by atoms with Crippen molar-refractivity contribution in [3.05, 3.63) is 30.1 Å². The molecule has 0 spiro atoms. The Balaban J connectivity index is 2.08. The van der Waals surface area contributed by atoms with Crippen molar-refractivity contribution < 1.29 is 4.79 Å². The van der Waals surface area contributed by atoms with Crippen LogP contribution in [-0.4, -0.2) is 22.0 Å². The molecule has 0 radical (unpaired) electrons. The van der Waals surface area contributed by atoms with Gasteiger partial charge >= 0.3 is 6.03 Å². The van der Waals surface area contributed by atoms with Crippen molar-refractivity contribution >= 4 is 17.1 Å². The van der Waals surface area contributed by atoms with E-state index in [9.17, 15) is 4.79 Å². The van der Waals surface area contributed by atoms with E-state index in [0.29, 0.717) is 0 Å². The van der Waals surface area contributed by atoms with E-state index in [0.717, 1.165) is 16.9 Å². The van der Waals surface area contributed by atoms with Gasteiger partial charge in [-0.15, -0.1) is 0 Å². The van der Waals surface area contributed by atoms with Crippen LogP contribution in [0.5, 0.6) is 0 Å². The molecule has 2 aromatic rings. The summed E-state index contributed by atoms with van der Waals surface area (Å²) >= 11 is 0. The summed E-state index contributed by atoms with van der Waals surface area (Å²) < 4.78 is 0. The van der Waals surface area contributed by atoms with Gasteiger partial charge < -0.3 is 15.6 Å². The summed E-state index contributed by atoms with van der Waals surface area (Å²) in [5.41, 5.74) is 1.89. The zero-order chi connectivity index (χ0) is 13.1. The fourth-order valence-electron chi connectivity index (χ4n) is 1.75. The third-order valence-electron chi connectivity index (χ3n) is 2.59. The minimum atomic E-state index is -0.182. The van der Waals surface area contributed by atoms with Gasteiger partial charge in [-0.25, -0.2) is 9.78 Å². The number of aromatic amines is 1. The summed E-state index contributed by atoms with van der Waals surface area (Å²) in [5, 5.41) is 5.63. The maximum atomic E-state index is 11.6. The summed E-state index contributed by atoms with van der Waals surface area (Å²) in [7, 11) is 0. The number of hydrogen-bond acceptors (Lipinski definition) is 2. The maximum absolute atomic E-state index is 11.6. The van der Waals surface area contributed by atoms with Crippen molar-refractivity contribution in [1.29, 1.82) is 0 Å². The van der Waals surface area contributed by atoms with E-state index in [4.69, 9.17) is 0 Å². The summed E-state index contributed by atoms with van der Waals surface area (Å²) in [4.78, 5) is 19.2. The van der Waals surface area contributed by atoms with Gasteiger partial charge in [0, 0.05) is 6.04 Å². The standard InChI is InChI=1S/C13H18N4O/c1-8(2)14-13(18)15-9(3)12-16-10-6-4-5-7-11(10)17-12/h4-9H,1-3H3,(H,16,17)(H2,14,15,18). The number of hydrogen-bond donors (Lipinski definition) is 3. The molecule has 0 aliphatic rings. The summed E-state index contributed by atoms with van der Waals surface area (Å²) in [5.74, 6) is 0.759. The number of carbonyl (C=O) groups is 1. The van der Waals surface area contributed by atoms with Crippen LogP contribution in [0, 0.1) is 0 Å². The number of imidazole rings is 1. The Morgan fingerprint density at radius 3 is 2.61 bits per heavy atom. The number of carbonyl (C=O) groups excluding carboxylic acids is 1. The zero-order valence-corrected chi connectivity index (χ0v) is 10.8. The molecule has 3 N–H and O–H groups in total. The number of nitrogens with zero attached hydrogens (tertiary/aromatic N) is 1. The van der Waals surface area contributed by atoms with Crippen molar-refractivity contribution in [2.24, 2.45) is 0 Å². The quantitative estimate of drug-likeness (QED) is 0.778. The van der Waals surface area contributed by atoms with E-state index in [1.807, 2.05) is 45.0 Å². The van der Waals surface area contributed by atoms with E-state index in [-0.39, 0.29) is 18.1 Å². The normalized spacial score (nSPS) is 12.7. The van der Waals surface area contributed by atoms with Crippen LogP contribution < -0.4 is 10.6 Å². The number of benzene rings is 1. The predicted octanol–water partition coefficient (Wildman–Crippen LogP) is 2.33. The SMILES string of the molecule is CC(C)NC(=O)NC(C)c1nc2ccccc2[nH]1. The first-order valence-electron chi connectivity index (χ1n) is 6.08. The van der Waals surface area contributed by atoms with E-state index >= 15 is 0 Å². The first kappa shape index (κ1) is 12.4. The first-order chi connectivity index (χ1) is 8.56. The van der Waals surface area contributed by atoms with Gasteiger partial charge in [-0.2, -0.15) is 0 Å². The summed E-state index contributed by atoms with van der Waals surface area (Å²) in [6.45, 7) is 5.74.